The van der Waals surface area contributed by atoms with E-state index in [-0.39, 0.29) is 6.61 Å². The fraction of sp³-hybridized carbons (Fsp3) is 0.619. The Bertz CT molecular complexity index is 570. The molecule has 1 aromatic carbocycles. The molecule has 2 heterocycles. The van der Waals surface area contributed by atoms with Crippen LogP contribution in [0.4, 0.5) is 0 Å². The first-order chi connectivity index (χ1) is 12.3. The number of hydrogen-bond acceptors (Lipinski definition) is 4. The van der Waals surface area contributed by atoms with Gasteiger partial charge in [-0.15, -0.1) is 0 Å². The number of morpholine rings is 1. The number of likely N-dealkylation sites (tertiary alicyclic amines) is 1. The Hall–Kier alpha value is -1.38. The SMILES string of the molecule is OCCC#Cc1ccc(CN2CCC[C@@H](CN3CCOCC3)C2)cc1. The molecule has 25 heavy (non-hydrogen) atoms. The first-order valence-corrected chi connectivity index (χ1v) is 9.54. The summed E-state index contributed by atoms with van der Waals surface area (Å²) in [5.41, 5.74) is 2.39. The van der Waals surface area contributed by atoms with Gasteiger partial charge in [0.2, 0.25) is 0 Å². The van der Waals surface area contributed by atoms with Crippen LogP contribution in [0.15, 0.2) is 24.3 Å². The second-order valence-corrected chi connectivity index (χ2v) is 7.13. The molecule has 2 saturated heterocycles. The summed E-state index contributed by atoms with van der Waals surface area (Å²) in [6.07, 6.45) is 3.20. The van der Waals surface area contributed by atoms with Crippen LogP contribution in [0.5, 0.6) is 0 Å². The second kappa shape index (κ2) is 9.94. The second-order valence-electron chi connectivity index (χ2n) is 7.13. The Morgan fingerprint density at radius 1 is 1.08 bits per heavy atom. The minimum Gasteiger partial charge on any atom is -0.395 e. The molecule has 0 unspecified atom stereocenters. The molecule has 0 radical (unpaired) electrons. The van der Waals surface area contributed by atoms with Crippen LogP contribution < -0.4 is 0 Å². The van der Waals surface area contributed by atoms with Gasteiger partial charge in [-0.3, -0.25) is 9.80 Å². The average Bonchev–Trinajstić information content (AvgIpc) is 2.65. The van der Waals surface area contributed by atoms with E-state index in [9.17, 15) is 0 Å². The predicted octanol–water partition coefficient (Wildman–Crippen LogP) is 1.96. The number of hydrogen-bond donors (Lipinski definition) is 1. The van der Waals surface area contributed by atoms with Gasteiger partial charge in [-0.2, -0.15) is 0 Å². The van der Waals surface area contributed by atoms with E-state index in [0.717, 1.165) is 44.3 Å². The van der Waals surface area contributed by atoms with Gasteiger partial charge >= 0.3 is 0 Å². The van der Waals surface area contributed by atoms with Crippen molar-refractivity contribution in [1.29, 1.82) is 0 Å². The lowest BCUT2D eigenvalue weighted by Gasteiger charge is -2.36. The fourth-order valence-electron chi connectivity index (χ4n) is 3.76. The predicted molar refractivity (Wildman–Crippen MR) is 100 cm³/mol. The molecule has 136 valence electrons. The van der Waals surface area contributed by atoms with Crippen molar-refractivity contribution in [3.63, 3.8) is 0 Å². The molecule has 1 atom stereocenters. The van der Waals surface area contributed by atoms with Crippen molar-refractivity contribution < 1.29 is 9.84 Å². The lowest BCUT2D eigenvalue weighted by molar-refractivity contribution is 0.0224. The molecule has 1 N–H and O–H groups in total. The third-order valence-electron chi connectivity index (χ3n) is 5.05. The van der Waals surface area contributed by atoms with E-state index in [0.29, 0.717) is 6.42 Å². The molecule has 0 saturated carbocycles. The van der Waals surface area contributed by atoms with E-state index in [2.05, 4.69) is 45.9 Å². The fourth-order valence-corrected chi connectivity index (χ4v) is 3.76. The quantitative estimate of drug-likeness (QED) is 0.830. The average molecular weight is 342 g/mol. The summed E-state index contributed by atoms with van der Waals surface area (Å²) in [5, 5.41) is 8.78. The van der Waals surface area contributed by atoms with Crippen LogP contribution in [0.3, 0.4) is 0 Å². The Morgan fingerprint density at radius 2 is 1.88 bits per heavy atom. The Morgan fingerprint density at radius 3 is 2.64 bits per heavy atom. The number of aliphatic hydroxyl groups excluding tert-OH is 1. The summed E-state index contributed by atoms with van der Waals surface area (Å²) >= 11 is 0. The summed E-state index contributed by atoms with van der Waals surface area (Å²) in [6, 6.07) is 8.56. The zero-order valence-corrected chi connectivity index (χ0v) is 15.1. The van der Waals surface area contributed by atoms with Gasteiger partial charge in [0.15, 0.2) is 0 Å². The van der Waals surface area contributed by atoms with Crippen molar-refractivity contribution >= 4 is 0 Å². The summed E-state index contributed by atoms with van der Waals surface area (Å²) in [5.74, 6) is 6.85. The maximum absolute atomic E-state index is 8.78. The highest BCUT2D eigenvalue weighted by molar-refractivity contribution is 5.36. The van der Waals surface area contributed by atoms with E-state index in [1.807, 2.05) is 0 Å². The van der Waals surface area contributed by atoms with E-state index < -0.39 is 0 Å². The van der Waals surface area contributed by atoms with Crippen LogP contribution in [-0.2, 0) is 11.3 Å². The summed E-state index contributed by atoms with van der Waals surface area (Å²) in [6.45, 7) is 8.76. The van der Waals surface area contributed by atoms with E-state index in [1.54, 1.807) is 0 Å². The number of benzene rings is 1. The Balaban J connectivity index is 1.47. The summed E-state index contributed by atoms with van der Waals surface area (Å²) < 4.78 is 5.46. The highest BCUT2D eigenvalue weighted by Crippen LogP contribution is 2.20. The molecular weight excluding hydrogens is 312 g/mol. The number of nitrogens with zero attached hydrogens (tertiary/aromatic N) is 2. The molecule has 0 spiro atoms. The zero-order valence-electron chi connectivity index (χ0n) is 15.1. The van der Waals surface area contributed by atoms with Crippen LogP contribution in [0.1, 0.15) is 30.4 Å². The van der Waals surface area contributed by atoms with Gasteiger partial charge in [0.1, 0.15) is 0 Å². The zero-order chi connectivity index (χ0) is 17.3. The Labute approximate surface area is 151 Å². The normalized spacial score (nSPS) is 22.4. The molecule has 2 fully saturated rings. The van der Waals surface area contributed by atoms with Gasteiger partial charge in [0.25, 0.3) is 0 Å². The maximum atomic E-state index is 8.78. The van der Waals surface area contributed by atoms with Gasteiger partial charge in [-0.05, 0) is 43.0 Å². The first-order valence-electron chi connectivity index (χ1n) is 9.54. The van der Waals surface area contributed by atoms with Gasteiger partial charge in [0, 0.05) is 44.7 Å². The van der Waals surface area contributed by atoms with Crippen molar-refractivity contribution in [1.82, 2.24) is 9.80 Å². The van der Waals surface area contributed by atoms with E-state index in [1.165, 1.54) is 38.0 Å². The Kier molecular flexibility index (Phi) is 7.32. The highest BCUT2D eigenvalue weighted by Gasteiger charge is 2.23. The van der Waals surface area contributed by atoms with Crippen LogP contribution in [-0.4, -0.2) is 67.5 Å². The van der Waals surface area contributed by atoms with Gasteiger partial charge in [-0.25, -0.2) is 0 Å². The number of aliphatic hydroxyl groups is 1. The molecule has 2 aliphatic heterocycles. The maximum Gasteiger partial charge on any atom is 0.0594 e. The van der Waals surface area contributed by atoms with Gasteiger partial charge in [-0.1, -0.05) is 24.0 Å². The van der Waals surface area contributed by atoms with Crippen LogP contribution in [0.25, 0.3) is 0 Å². The highest BCUT2D eigenvalue weighted by atomic mass is 16.5. The van der Waals surface area contributed by atoms with Crippen molar-refractivity contribution in [3.05, 3.63) is 35.4 Å². The lowest BCUT2D eigenvalue weighted by Crippen LogP contribution is -2.44. The summed E-state index contributed by atoms with van der Waals surface area (Å²) in [7, 11) is 0. The van der Waals surface area contributed by atoms with Crippen molar-refractivity contribution in [2.45, 2.75) is 25.8 Å². The summed E-state index contributed by atoms with van der Waals surface area (Å²) in [4.78, 5) is 5.17. The molecule has 3 rings (SSSR count). The molecular formula is C21H30N2O2. The number of rotatable bonds is 5. The van der Waals surface area contributed by atoms with Crippen LogP contribution in [0.2, 0.25) is 0 Å². The molecule has 0 amide bonds. The molecule has 0 aliphatic carbocycles. The largest absolute Gasteiger partial charge is 0.395 e. The van der Waals surface area contributed by atoms with Crippen molar-refractivity contribution in [2.75, 3.05) is 52.5 Å². The van der Waals surface area contributed by atoms with E-state index >= 15 is 0 Å². The molecule has 4 heteroatoms. The molecule has 0 aromatic heterocycles. The molecule has 2 aliphatic rings. The monoisotopic (exact) mass is 342 g/mol. The smallest absolute Gasteiger partial charge is 0.0594 e. The lowest BCUT2D eigenvalue weighted by atomic mass is 9.96. The molecule has 1 aromatic rings. The third-order valence-corrected chi connectivity index (χ3v) is 5.05. The van der Waals surface area contributed by atoms with Crippen LogP contribution >= 0.6 is 0 Å². The van der Waals surface area contributed by atoms with Gasteiger partial charge < -0.3 is 9.84 Å². The molecule has 0 bridgehead atoms. The van der Waals surface area contributed by atoms with Gasteiger partial charge in [0.05, 0.1) is 19.8 Å². The molecule has 4 nitrogen and oxygen atoms in total. The number of ether oxygens (including phenoxy) is 1. The van der Waals surface area contributed by atoms with Crippen molar-refractivity contribution in [3.8, 4) is 11.8 Å². The topological polar surface area (TPSA) is 35.9 Å². The first kappa shape index (κ1) is 18.4. The van der Waals surface area contributed by atoms with E-state index in [4.69, 9.17) is 9.84 Å². The van der Waals surface area contributed by atoms with Crippen molar-refractivity contribution in [2.24, 2.45) is 5.92 Å². The van der Waals surface area contributed by atoms with Crippen LogP contribution in [0, 0.1) is 17.8 Å². The minimum atomic E-state index is 0.131. The third kappa shape index (κ3) is 6.13. The number of piperidine rings is 1. The minimum absolute atomic E-state index is 0.131. The standard InChI is InChI=1S/C21H30N2O2/c24-13-2-1-4-19-6-8-20(9-7-19)16-23-10-3-5-21(18-23)17-22-11-14-25-15-12-22/h6-9,21,24H,2-3,5,10-18H2/t21-/m0/s1.